The highest BCUT2D eigenvalue weighted by Crippen LogP contribution is 2.21. The Bertz CT molecular complexity index is 656. The molecule has 1 aromatic rings. The van der Waals surface area contributed by atoms with Crippen LogP contribution in [0.4, 0.5) is 11.4 Å². The molecule has 6 nitrogen and oxygen atoms in total. The van der Waals surface area contributed by atoms with E-state index in [0.29, 0.717) is 16.9 Å². The minimum atomic E-state index is -3.47. The minimum Gasteiger partial charge on any atom is -0.284 e. The van der Waals surface area contributed by atoms with E-state index in [9.17, 15) is 16.8 Å². The Hall–Kier alpha value is -0.990. The monoisotopic (exact) mass is 326 g/mol. The van der Waals surface area contributed by atoms with Gasteiger partial charge in [-0.15, -0.1) is 11.6 Å². The highest BCUT2D eigenvalue weighted by atomic mass is 35.5. The maximum Gasteiger partial charge on any atom is 0.233 e. The maximum absolute atomic E-state index is 11.5. The number of rotatable bonds is 6. The van der Waals surface area contributed by atoms with Gasteiger partial charge in [-0.05, 0) is 30.7 Å². The molecule has 0 unspecified atom stereocenters. The van der Waals surface area contributed by atoms with Crippen molar-refractivity contribution in [2.75, 3.05) is 27.3 Å². The van der Waals surface area contributed by atoms with Crippen molar-refractivity contribution in [3.8, 4) is 0 Å². The number of hydrogen-bond acceptors (Lipinski definition) is 4. The van der Waals surface area contributed by atoms with E-state index in [1.54, 1.807) is 13.0 Å². The summed E-state index contributed by atoms with van der Waals surface area (Å²) in [5.41, 5.74) is 1.38. The van der Waals surface area contributed by atoms with Crippen LogP contribution in [0.15, 0.2) is 18.2 Å². The van der Waals surface area contributed by atoms with Crippen LogP contribution in [0.2, 0.25) is 0 Å². The van der Waals surface area contributed by atoms with Gasteiger partial charge in [-0.2, -0.15) is 0 Å². The van der Waals surface area contributed by atoms with Crippen molar-refractivity contribution < 1.29 is 16.8 Å². The Kier molecular flexibility index (Phi) is 5.05. The van der Waals surface area contributed by atoms with Crippen molar-refractivity contribution in [3.05, 3.63) is 23.8 Å². The number of benzene rings is 1. The summed E-state index contributed by atoms with van der Waals surface area (Å²) in [6.45, 7) is 1.67. The molecule has 1 rings (SSSR count). The highest BCUT2D eigenvalue weighted by molar-refractivity contribution is 7.92. The first-order valence-electron chi connectivity index (χ1n) is 5.28. The number of aryl methyl sites for hydroxylation is 1. The van der Waals surface area contributed by atoms with E-state index < -0.39 is 20.0 Å². The summed E-state index contributed by atoms with van der Waals surface area (Å²) in [7, 11) is -6.83. The lowest BCUT2D eigenvalue weighted by atomic mass is 10.2. The fraction of sp³-hybridized carbons (Fsp3) is 0.400. The van der Waals surface area contributed by atoms with Gasteiger partial charge in [-0.1, -0.05) is 0 Å². The number of halogens is 1. The van der Waals surface area contributed by atoms with Crippen molar-refractivity contribution in [1.29, 1.82) is 0 Å². The Morgan fingerprint density at radius 1 is 1.16 bits per heavy atom. The molecule has 108 valence electrons. The first kappa shape index (κ1) is 16.1. The molecule has 0 fully saturated rings. The van der Waals surface area contributed by atoms with Gasteiger partial charge in [0.2, 0.25) is 20.0 Å². The third-order valence-electron chi connectivity index (χ3n) is 2.14. The first-order chi connectivity index (χ1) is 8.63. The van der Waals surface area contributed by atoms with E-state index in [-0.39, 0.29) is 11.6 Å². The van der Waals surface area contributed by atoms with Crippen LogP contribution in [0.5, 0.6) is 0 Å². The molecular weight excluding hydrogens is 312 g/mol. The minimum absolute atomic E-state index is 0.00202. The summed E-state index contributed by atoms with van der Waals surface area (Å²) in [5.74, 6) is -0.182. The summed E-state index contributed by atoms with van der Waals surface area (Å²) >= 11 is 5.39. The number of hydrogen-bond donors (Lipinski definition) is 2. The van der Waals surface area contributed by atoms with Crippen molar-refractivity contribution in [2.45, 2.75) is 6.92 Å². The maximum atomic E-state index is 11.5. The molecule has 1 aromatic carbocycles. The topological polar surface area (TPSA) is 92.3 Å². The average Bonchev–Trinajstić information content (AvgIpc) is 2.19. The molecular formula is C10H15ClN2O4S2. The van der Waals surface area contributed by atoms with Crippen LogP contribution in [-0.2, 0) is 20.0 Å². The lowest BCUT2D eigenvalue weighted by Crippen LogP contribution is -2.17. The summed E-state index contributed by atoms with van der Waals surface area (Å²) in [4.78, 5) is 0. The van der Waals surface area contributed by atoms with E-state index >= 15 is 0 Å². The van der Waals surface area contributed by atoms with Crippen LogP contribution in [0.25, 0.3) is 0 Å². The molecule has 0 radical (unpaired) electrons. The van der Waals surface area contributed by atoms with Crippen LogP contribution in [0, 0.1) is 6.92 Å². The molecule has 0 bridgehead atoms. The Morgan fingerprint density at radius 3 is 2.26 bits per heavy atom. The summed E-state index contributed by atoms with van der Waals surface area (Å²) in [6, 6.07) is 4.51. The van der Waals surface area contributed by atoms with E-state index in [0.717, 1.165) is 6.26 Å². The molecule has 0 spiro atoms. The molecule has 0 heterocycles. The number of nitrogens with one attached hydrogen (secondary N) is 2. The van der Waals surface area contributed by atoms with Gasteiger partial charge < -0.3 is 0 Å². The number of sulfonamides is 2. The predicted molar refractivity (Wildman–Crippen MR) is 77.8 cm³/mol. The van der Waals surface area contributed by atoms with Crippen LogP contribution >= 0.6 is 11.6 Å². The van der Waals surface area contributed by atoms with Crippen molar-refractivity contribution in [2.24, 2.45) is 0 Å². The van der Waals surface area contributed by atoms with Gasteiger partial charge in [0.05, 0.1) is 17.7 Å². The van der Waals surface area contributed by atoms with Gasteiger partial charge in [0, 0.05) is 11.6 Å². The normalized spacial score (nSPS) is 12.2. The van der Waals surface area contributed by atoms with Gasteiger partial charge >= 0.3 is 0 Å². The van der Waals surface area contributed by atoms with Crippen molar-refractivity contribution in [3.63, 3.8) is 0 Å². The van der Waals surface area contributed by atoms with E-state index in [1.807, 2.05) is 0 Å². The first-order valence-corrected chi connectivity index (χ1v) is 9.36. The second-order valence-corrected chi connectivity index (χ2v) is 7.98. The molecule has 0 saturated heterocycles. The molecule has 9 heteroatoms. The van der Waals surface area contributed by atoms with Crippen LogP contribution < -0.4 is 9.44 Å². The molecule has 19 heavy (non-hydrogen) atoms. The van der Waals surface area contributed by atoms with E-state index in [1.165, 1.54) is 12.1 Å². The molecule has 0 amide bonds. The molecule has 0 aliphatic rings. The second kappa shape index (κ2) is 5.98. The van der Waals surface area contributed by atoms with Gasteiger partial charge in [-0.25, -0.2) is 16.8 Å². The van der Waals surface area contributed by atoms with E-state index in [4.69, 9.17) is 11.6 Å². The van der Waals surface area contributed by atoms with Gasteiger partial charge in [0.15, 0.2) is 0 Å². The summed E-state index contributed by atoms with van der Waals surface area (Å²) < 4.78 is 50.0. The fourth-order valence-electron chi connectivity index (χ4n) is 1.37. The van der Waals surface area contributed by atoms with Crippen LogP contribution in [-0.4, -0.2) is 34.7 Å². The van der Waals surface area contributed by atoms with Crippen LogP contribution in [0.1, 0.15) is 5.56 Å². The smallest absolute Gasteiger partial charge is 0.233 e. The van der Waals surface area contributed by atoms with Crippen molar-refractivity contribution >= 4 is 43.0 Å². The lowest BCUT2D eigenvalue weighted by Gasteiger charge is -2.11. The molecule has 0 aliphatic carbocycles. The molecule has 2 N–H and O–H groups in total. The zero-order valence-electron chi connectivity index (χ0n) is 10.5. The summed E-state index contributed by atoms with van der Waals surface area (Å²) in [6.07, 6.45) is 1.05. The number of alkyl halides is 1. The number of anilines is 2. The lowest BCUT2D eigenvalue weighted by molar-refractivity contribution is 0.602. The van der Waals surface area contributed by atoms with Crippen LogP contribution in [0.3, 0.4) is 0 Å². The predicted octanol–water partition coefficient (Wildman–Crippen LogP) is 1.35. The van der Waals surface area contributed by atoms with Gasteiger partial charge in [0.25, 0.3) is 0 Å². The Morgan fingerprint density at radius 2 is 1.79 bits per heavy atom. The average molecular weight is 327 g/mol. The fourth-order valence-corrected chi connectivity index (χ4v) is 3.40. The molecule has 0 aliphatic heterocycles. The zero-order valence-corrected chi connectivity index (χ0v) is 12.9. The standard InChI is InChI=1S/C10H15ClN2O4S2/c1-8-7-9(12-19(16,17)6-5-11)3-4-10(8)13-18(2,14)15/h3-4,7,12-13H,5-6H2,1-2H3. The Balaban J connectivity index is 2.95. The van der Waals surface area contributed by atoms with Gasteiger partial charge in [-0.3, -0.25) is 9.44 Å². The largest absolute Gasteiger partial charge is 0.284 e. The second-order valence-electron chi connectivity index (χ2n) is 4.01. The Labute approximate surface area is 118 Å². The zero-order chi connectivity index (χ0) is 14.7. The van der Waals surface area contributed by atoms with Gasteiger partial charge in [0.1, 0.15) is 0 Å². The van der Waals surface area contributed by atoms with E-state index in [2.05, 4.69) is 9.44 Å². The molecule has 0 aromatic heterocycles. The summed E-state index contributed by atoms with van der Waals surface area (Å²) in [5, 5.41) is 0. The van der Waals surface area contributed by atoms with Crippen molar-refractivity contribution in [1.82, 2.24) is 0 Å². The molecule has 0 saturated carbocycles. The molecule has 0 atom stereocenters. The SMILES string of the molecule is Cc1cc(NS(=O)(=O)CCCl)ccc1NS(C)(=O)=O. The quantitative estimate of drug-likeness (QED) is 0.772. The third-order valence-corrected chi connectivity index (χ3v) is 4.43. The highest BCUT2D eigenvalue weighted by Gasteiger charge is 2.11. The third kappa shape index (κ3) is 5.66.